The molecule has 0 aliphatic heterocycles. The number of hydrogen-bond donors (Lipinski definition) is 0. The smallest absolute Gasteiger partial charge is 0.269 e. The van der Waals surface area contributed by atoms with E-state index in [1.807, 2.05) is 0 Å². The van der Waals surface area contributed by atoms with Crippen molar-refractivity contribution in [1.82, 2.24) is 0 Å². The summed E-state index contributed by atoms with van der Waals surface area (Å²) >= 11 is 0. The summed E-state index contributed by atoms with van der Waals surface area (Å²) in [7, 11) is 0. The minimum atomic E-state index is 0. The van der Waals surface area contributed by atoms with Crippen LogP contribution in [0.4, 0.5) is 0 Å². The second-order valence-corrected chi connectivity index (χ2v) is 4.77. The molecule has 0 nitrogen and oxygen atoms in total. The molecular weight excluding hydrogens is 243 g/mol. The standard InChI is InChI=1S/2C8H11.V/c2*1-6-4-5-7(2)8(6)3;/h2*4H2,1-3H3;/q2*-1;+2. The molecule has 17 heavy (non-hydrogen) atoms. The largest absolute Gasteiger partial charge is 2.00 e. The molecule has 0 aromatic carbocycles. The van der Waals surface area contributed by atoms with Crippen LogP contribution in [0.25, 0.3) is 0 Å². The molecule has 91 valence electrons. The van der Waals surface area contributed by atoms with Crippen LogP contribution >= 0.6 is 0 Å². The summed E-state index contributed by atoms with van der Waals surface area (Å²) in [6.45, 7) is 12.9. The topological polar surface area (TPSA) is 0 Å². The molecule has 0 bridgehead atoms. The van der Waals surface area contributed by atoms with Crippen LogP contribution < -0.4 is 0 Å². The first-order valence-electron chi connectivity index (χ1n) is 5.91. The quantitative estimate of drug-likeness (QED) is 0.544. The Bertz CT molecular complexity index is 352. The molecule has 0 aromatic heterocycles. The van der Waals surface area contributed by atoms with Crippen LogP contribution in [0.5, 0.6) is 0 Å². The van der Waals surface area contributed by atoms with Gasteiger partial charge in [-0.05, 0) is 0 Å². The van der Waals surface area contributed by atoms with Crippen molar-refractivity contribution in [2.24, 2.45) is 0 Å². The third-order valence-corrected chi connectivity index (χ3v) is 3.64. The second-order valence-electron chi connectivity index (χ2n) is 4.77. The van der Waals surface area contributed by atoms with Crippen molar-refractivity contribution in [3.05, 3.63) is 45.6 Å². The Labute approximate surface area is 118 Å². The predicted octanol–water partition coefficient (Wildman–Crippen LogP) is 4.95. The first-order chi connectivity index (χ1) is 7.43. The Morgan fingerprint density at radius 3 is 1.00 bits per heavy atom. The summed E-state index contributed by atoms with van der Waals surface area (Å²) in [5.74, 6) is 0. The van der Waals surface area contributed by atoms with Gasteiger partial charge in [-0.25, -0.2) is 11.1 Å². The molecule has 2 aliphatic rings. The fourth-order valence-electron chi connectivity index (χ4n) is 1.70. The minimum Gasteiger partial charge on any atom is -0.269 e. The predicted molar refractivity (Wildman–Crippen MR) is 70.8 cm³/mol. The number of rotatable bonds is 0. The SMILES string of the molecule is CC1=[C-]CC(C)=C1C.CC1=[C-]CC(C)=C1C.[V+2]. The van der Waals surface area contributed by atoms with E-state index in [1.165, 1.54) is 33.4 Å². The van der Waals surface area contributed by atoms with Crippen molar-refractivity contribution >= 4 is 0 Å². The van der Waals surface area contributed by atoms with Crippen LogP contribution in [0.15, 0.2) is 33.4 Å². The average molecular weight is 265 g/mol. The molecule has 0 saturated carbocycles. The van der Waals surface area contributed by atoms with Gasteiger partial charge in [0.2, 0.25) is 0 Å². The zero-order valence-corrected chi connectivity index (χ0v) is 13.3. The van der Waals surface area contributed by atoms with Crippen LogP contribution in [0.1, 0.15) is 54.4 Å². The molecule has 0 N–H and O–H groups in total. The first kappa shape index (κ1) is 16.5. The van der Waals surface area contributed by atoms with E-state index in [9.17, 15) is 0 Å². The van der Waals surface area contributed by atoms with Gasteiger partial charge in [-0.3, -0.25) is 12.2 Å². The Hall–Kier alpha value is -0.456. The van der Waals surface area contributed by atoms with Crippen LogP contribution in [0.2, 0.25) is 0 Å². The normalized spacial score (nSPS) is 18.5. The van der Waals surface area contributed by atoms with E-state index in [1.54, 1.807) is 0 Å². The van der Waals surface area contributed by atoms with Gasteiger partial charge in [0.05, 0.1) is 0 Å². The van der Waals surface area contributed by atoms with E-state index in [4.69, 9.17) is 0 Å². The van der Waals surface area contributed by atoms with Gasteiger partial charge in [0.1, 0.15) is 0 Å². The fourth-order valence-corrected chi connectivity index (χ4v) is 1.70. The van der Waals surface area contributed by atoms with Gasteiger partial charge in [-0.1, -0.05) is 27.7 Å². The zero-order chi connectivity index (χ0) is 12.3. The third-order valence-electron chi connectivity index (χ3n) is 3.64. The van der Waals surface area contributed by atoms with E-state index < -0.39 is 0 Å². The summed E-state index contributed by atoms with van der Waals surface area (Å²) in [6, 6.07) is 0. The van der Waals surface area contributed by atoms with Crippen molar-refractivity contribution in [2.45, 2.75) is 54.4 Å². The van der Waals surface area contributed by atoms with Gasteiger partial charge in [0, 0.05) is 0 Å². The maximum absolute atomic E-state index is 3.26. The molecule has 1 radical (unpaired) electrons. The van der Waals surface area contributed by atoms with Crippen LogP contribution in [0, 0.1) is 12.2 Å². The van der Waals surface area contributed by atoms with E-state index >= 15 is 0 Å². The number of allylic oxidation sites excluding steroid dienone is 8. The number of hydrogen-bond acceptors (Lipinski definition) is 0. The molecule has 0 spiro atoms. The van der Waals surface area contributed by atoms with Crippen LogP contribution in [-0.2, 0) is 18.6 Å². The third kappa shape index (κ3) is 4.37. The summed E-state index contributed by atoms with van der Waals surface area (Å²) in [5.41, 5.74) is 8.49. The van der Waals surface area contributed by atoms with Crippen LogP contribution in [0.3, 0.4) is 0 Å². The minimum absolute atomic E-state index is 0. The zero-order valence-electron chi connectivity index (χ0n) is 11.9. The molecule has 0 saturated heterocycles. The second kappa shape index (κ2) is 7.08. The molecule has 0 fully saturated rings. The van der Waals surface area contributed by atoms with Crippen molar-refractivity contribution in [3.63, 3.8) is 0 Å². The Morgan fingerprint density at radius 1 is 0.647 bits per heavy atom. The van der Waals surface area contributed by atoms with Gasteiger partial charge in [0.15, 0.2) is 0 Å². The van der Waals surface area contributed by atoms with E-state index in [-0.39, 0.29) is 18.6 Å². The van der Waals surface area contributed by atoms with Crippen molar-refractivity contribution in [3.8, 4) is 0 Å². The van der Waals surface area contributed by atoms with E-state index in [0.29, 0.717) is 0 Å². The van der Waals surface area contributed by atoms with Crippen molar-refractivity contribution in [1.29, 1.82) is 0 Å². The Kier molecular flexibility index (Phi) is 6.89. The van der Waals surface area contributed by atoms with Gasteiger partial charge < -0.3 is 0 Å². The summed E-state index contributed by atoms with van der Waals surface area (Å²) in [4.78, 5) is 0. The van der Waals surface area contributed by atoms with Crippen LogP contribution in [-0.4, -0.2) is 0 Å². The van der Waals surface area contributed by atoms with Gasteiger partial charge in [-0.2, -0.15) is 22.3 Å². The molecule has 0 aromatic rings. The molecule has 0 atom stereocenters. The summed E-state index contributed by atoms with van der Waals surface area (Å²) in [6.07, 6.45) is 8.63. The summed E-state index contributed by atoms with van der Waals surface area (Å²) in [5, 5.41) is 0. The first-order valence-corrected chi connectivity index (χ1v) is 5.91. The monoisotopic (exact) mass is 265 g/mol. The molecule has 0 heterocycles. The average Bonchev–Trinajstić information content (AvgIpc) is 2.70. The maximum atomic E-state index is 3.26. The molecule has 2 aliphatic carbocycles. The molecule has 1 heteroatoms. The molecule has 2 rings (SSSR count). The van der Waals surface area contributed by atoms with Crippen molar-refractivity contribution < 1.29 is 18.6 Å². The van der Waals surface area contributed by atoms with Gasteiger partial charge in [-0.15, -0.1) is 26.7 Å². The molecular formula is C16H22V. The van der Waals surface area contributed by atoms with Gasteiger partial charge in [0.25, 0.3) is 0 Å². The maximum Gasteiger partial charge on any atom is 2.00 e. The molecule has 0 amide bonds. The Balaban J connectivity index is 0.000000284. The van der Waals surface area contributed by atoms with Crippen molar-refractivity contribution in [2.75, 3.05) is 0 Å². The van der Waals surface area contributed by atoms with E-state index in [2.05, 4.69) is 53.7 Å². The van der Waals surface area contributed by atoms with Gasteiger partial charge >= 0.3 is 18.6 Å². The summed E-state index contributed by atoms with van der Waals surface area (Å²) < 4.78 is 0. The van der Waals surface area contributed by atoms with E-state index in [0.717, 1.165) is 12.8 Å². The Morgan fingerprint density at radius 2 is 0.941 bits per heavy atom. The fraction of sp³-hybridized carbons (Fsp3) is 0.500. The molecule has 0 unspecified atom stereocenters.